The summed E-state index contributed by atoms with van der Waals surface area (Å²) in [6.07, 6.45) is 8.39. The van der Waals surface area contributed by atoms with Crippen molar-refractivity contribution in [1.29, 1.82) is 0 Å². The van der Waals surface area contributed by atoms with Crippen LogP contribution in [0.15, 0.2) is 57.4 Å². The molecular weight excluding hydrogens is 348 g/mol. The Morgan fingerprint density at radius 3 is 1.73 bits per heavy atom. The third-order valence-corrected chi connectivity index (χ3v) is 4.90. The van der Waals surface area contributed by atoms with Gasteiger partial charge in [-0.1, -0.05) is 48.2 Å². The zero-order chi connectivity index (χ0) is 18.5. The third-order valence-electron chi connectivity index (χ3n) is 3.89. The van der Waals surface area contributed by atoms with Crippen LogP contribution in [0, 0.1) is 0 Å². The van der Waals surface area contributed by atoms with Gasteiger partial charge in [-0.2, -0.15) is 0 Å². The van der Waals surface area contributed by atoms with E-state index in [-0.39, 0.29) is 13.2 Å². The second-order valence-corrected chi connectivity index (χ2v) is 6.89. The molecule has 0 aromatic heterocycles. The quantitative estimate of drug-likeness (QED) is 0.733. The van der Waals surface area contributed by atoms with E-state index in [4.69, 9.17) is 9.47 Å². The van der Waals surface area contributed by atoms with Gasteiger partial charge in [0, 0.05) is 0 Å². The van der Waals surface area contributed by atoms with Crippen molar-refractivity contribution in [2.75, 3.05) is 13.2 Å². The van der Waals surface area contributed by atoms with Gasteiger partial charge in [0.15, 0.2) is 0 Å². The second kappa shape index (κ2) is 8.23. The number of benzene rings is 1. The number of carbonyl (C=O) groups excluding carboxylic acids is 2. The number of hydrogen-bond acceptors (Lipinski definition) is 5. The highest BCUT2D eigenvalue weighted by atomic mass is 32.2. The van der Waals surface area contributed by atoms with Gasteiger partial charge >= 0.3 is 11.9 Å². The first-order valence-corrected chi connectivity index (χ1v) is 9.38. The van der Waals surface area contributed by atoms with E-state index in [2.05, 4.69) is 12.2 Å². The maximum atomic E-state index is 12.3. The molecule has 0 radical (unpaired) electrons. The average Bonchev–Trinajstić information content (AvgIpc) is 2.78. The van der Waals surface area contributed by atoms with Gasteiger partial charge in [0.25, 0.3) is 0 Å². The fourth-order valence-electron chi connectivity index (χ4n) is 2.82. The molecule has 2 aliphatic rings. The highest BCUT2D eigenvalue weighted by Gasteiger charge is 2.23. The van der Waals surface area contributed by atoms with Crippen LogP contribution in [0.2, 0.25) is 0 Å². The monoisotopic (exact) mass is 368 g/mol. The normalized spacial score (nSPS) is 19.8. The van der Waals surface area contributed by atoms with Crippen LogP contribution in [0.25, 0.3) is 12.2 Å². The van der Waals surface area contributed by atoms with E-state index < -0.39 is 11.9 Å². The zero-order valence-corrected chi connectivity index (χ0v) is 15.6. The van der Waals surface area contributed by atoms with Crippen LogP contribution >= 0.6 is 11.8 Å². The molecule has 0 N–H and O–H groups in total. The average molecular weight is 368 g/mol. The molecule has 0 saturated heterocycles. The van der Waals surface area contributed by atoms with E-state index in [9.17, 15) is 9.59 Å². The molecule has 1 aromatic carbocycles. The molecule has 0 atom stereocenters. The summed E-state index contributed by atoms with van der Waals surface area (Å²) in [7, 11) is 0. The third kappa shape index (κ3) is 4.17. The number of carbonyl (C=O) groups is 2. The molecule has 5 heteroatoms. The smallest absolute Gasteiger partial charge is 0.344 e. The van der Waals surface area contributed by atoms with Gasteiger partial charge in [-0.15, -0.1) is 0 Å². The van der Waals surface area contributed by atoms with E-state index >= 15 is 0 Å². The Morgan fingerprint density at radius 1 is 0.846 bits per heavy atom. The molecule has 0 unspecified atom stereocenters. The number of fused-ring (bicyclic) bond motifs is 3. The predicted octanol–water partition coefficient (Wildman–Crippen LogP) is 4.50. The zero-order valence-electron chi connectivity index (χ0n) is 14.8. The first-order chi connectivity index (χ1) is 12.6. The maximum Gasteiger partial charge on any atom is 0.344 e. The standard InChI is InChI=1S/C21H20O4S/c1-3-24-20(22)18-12-14-9-15(13-19(26-18)21(23)25-4-2)11-17-8-6-5-7-16(17)10-14/h5-8,10-13H,3-4,9H2,1-2H3/b18-12-,19-13-. The minimum absolute atomic E-state index is 0.280. The molecule has 1 aromatic rings. The molecule has 26 heavy (non-hydrogen) atoms. The van der Waals surface area contributed by atoms with Crippen molar-refractivity contribution in [3.8, 4) is 0 Å². The van der Waals surface area contributed by atoms with Crippen molar-refractivity contribution in [3.63, 3.8) is 0 Å². The van der Waals surface area contributed by atoms with Gasteiger partial charge in [-0.25, -0.2) is 9.59 Å². The fraction of sp³-hybridized carbons (Fsp3) is 0.238. The summed E-state index contributed by atoms with van der Waals surface area (Å²) >= 11 is 1.10. The van der Waals surface area contributed by atoms with Gasteiger partial charge in [-0.3, -0.25) is 0 Å². The Morgan fingerprint density at radius 2 is 1.31 bits per heavy atom. The van der Waals surface area contributed by atoms with Crippen LogP contribution in [0.5, 0.6) is 0 Å². The van der Waals surface area contributed by atoms with Crippen LogP contribution in [-0.2, 0) is 19.1 Å². The molecule has 1 aliphatic heterocycles. The summed E-state index contributed by atoms with van der Waals surface area (Å²) in [5.41, 5.74) is 4.15. The molecule has 2 bridgehead atoms. The molecule has 1 heterocycles. The van der Waals surface area contributed by atoms with Crippen molar-refractivity contribution in [1.82, 2.24) is 0 Å². The van der Waals surface area contributed by atoms with E-state index in [0.29, 0.717) is 16.2 Å². The number of esters is 2. The Balaban J connectivity index is 2.11. The first-order valence-electron chi connectivity index (χ1n) is 8.56. The molecule has 3 rings (SSSR count). The van der Waals surface area contributed by atoms with Crippen molar-refractivity contribution < 1.29 is 19.1 Å². The van der Waals surface area contributed by atoms with Crippen molar-refractivity contribution in [2.45, 2.75) is 20.3 Å². The number of hydrogen-bond donors (Lipinski definition) is 0. The largest absolute Gasteiger partial charge is 0.462 e. The maximum absolute atomic E-state index is 12.3. The molecule has 0 saturated carbocycles. The van der Waals surface area contributed by atoms with E-state index in [0.717, 1.165) is 34.0 Å². The van der Waals surface area contributed by atoms with Crippen LogP contribution < -0.4 is 0 Å². The van der Waals surface area contributed by atoms with Crippen LogP contribution in [0.3, 0.4) is 0 Å². The van der Waals surface area contributed by atoms with E-state index in [1.807, 2.05) is 36.4 Å². The van der Waals surface area contributed by atoms with Crippen LogP contribution in [0.1, 0.15) is 31.4 Å². The first kappa shape index (κ1) is 18.3. The lowest BCUT2D eigenvalue weighted by Gasteiger charge is -2.14. The Bertz CT molecular complexity index is 790. The lowest BCUT2D eigenvalue weighted by Crippen LogP contribution is -2.11. The van der Waals surface area contributed by atoms with Gasteiger partial charge < -0.3 is 9.47 Å². The topological polar surface area (TPSA) is 52.6 Å². The number of ether oxygens (including phenoxy) is 2. The molecule has 0 spiro atoms. The van der Waals surface area contributed by atoms with Crippen molar-refractivity contribution in [3.05, 3.63) is 68.5 Å². The van der Waals surface area contributed by atoms with Crippen LogP contribution in [-0.4, -0.2) is 25.2 Å². The second-order valence-electron chi connectivity index (χ2n) is 5.80. The minimum Gasteiger partial charge on any atom is -0.462 e. The number of rotatable bonds is 4. The summed E-state index contributed by atoms with van der Waals surface area (Å²) < 4.78 is 10.3. The van der Waals surface area contributed by atoms with Crippen LogP contribution in [0.4, 0.5) is 0 Å². The molecule has 4 nitrogen and oxygen atoms in total. The molecule has 0 fully saturated rings. The van der Waals surface area contributed by atoms with E-state index in [1.165, 1.54) is 0 Å². The summed E-state index contributed by atoms with van der Waals surface area (Å²) in [4.78, 5) is 25.5. The highest BCUT2D eigenvalue weighted by Crippen LogP contribution is 2.37. The molecule has 0 amide bonds. The highest BCUT2D eigenvalue weighted by molar-refractivity contribution is 8.08. The Hall–Kier alpha value is -2.53. The minimum atomic E-state index is -0.432. The van der Waals surface area contributed by atoms with Gasteiger partial charge in [0.1, 0.15) is 0 Å². The molecular formula is C21H20O4S. The van der Waals surface area contributed by atoms with Gasteiger partial charge in [0.05, 0.1) is 23.0 Å². The molecule has 134 valence electrons. The SMILES string of the molecule is CCOC(=O)/C1=C/C2=Cc3ccccc3C=C(/C=C(/C(=O)OCC)S1)C2. The lowest BCUT2D eigenvalue weighted by molar-refractivity contribution is -0.138. The number of allylic oxidation sites excluding steroid dienone is 4. The molecule has 1 aliphatic carbocycles. The summed E-state index contributed by atoms with van der Waals surface area (Å²) in [5.74, 6) is -0.864. The number of thioether (sulfide) groups is 1. The predicted molar refractivity (Wildman–Crippen MR) is 104 cm³/mol. The summed E-state index contributed by atoms with van der Waals surface area (Å²) in [6.45, 7) is 4.08. The lowest BCUT2D eigenvalue weighted by atomic mass is 10.0. The summed E-state index contributed by atoms with van der Waals surface area (Å²) in [6, 6.07) is 8.04. The Labute approximate surface area is 157 Å². The summed E-state index contributed by atoms with van der Waals surface area (Å²) in [5, 5.41) is 0. The van der Waals surface area contributed by atoms with E-state index in [1.54, 1.807) is 13.8 Å². The van der Waals surface area contributed by atoms with Gasteiger partial charge in [0.2, 0.25) is 0 Å². The van der Waals surface area contributed by atoms with Crippen molar-refractivity contribution >= 4 is 35.9 Å². The van der Waals surface area contributed by atoms with Gasteiger partial charge in [-0.05, 0) is 54.7 Å². The Kier molecular flexibility index (Phi) is 5.78. The fourth-order valence-corrected chi connectivity index (χ4v) is 3.76. The van der Waals surface area contributed by atoms with Crippen molar-refractivity contribution in [2.24, 2.45) is 0 Å².